The van der Waals surface area contributed by atoms with Crippen molar-refractivity contribution in [1.82, 2.24) is 25.4 Å². The number of rotatable bonds is 6. The topological polar surface area (TPSA) is 78.4 Å². The summed E-state index contributed by atoms with van der Waals surface area (Å²) in [6.45, 7) is 0.944. The van der Waals surface area contributed by atoms with E-state index in [-0.39, 0.29) is 41.8 Å². The minimum absolute atomic E-state index is 0. The van der Waals surface area contributed by atoms with E-state index in [0.717, 1.165) is 31.8 Å². The quantitative estimate of drug-likeness (QED) is 0.344. The second kappa shape index (κ2) is 11.2. The van der Waals surface area contributed by atoms with Crippen LogP contribution >= 0.6 is 24.0 Å². The molecule has 2 N–H and O–H groups in total. The summed E-state index contributed by atoms with van der Waals surface area (Å²) in [5, 5.41) is 9.98. The van der Waals surface area contributed by atoms with Crippen LogP contribution in [0, 0.1) is 5.82 Å². The first-order valence-corrected chi connectivity index (χ1v) is 9.19. The van der Waals surface area contributed by atoms with Gasteiger partial charge in [0.25, 0.3) is 0 Å². The fraction of sp³-hybridized carbons (Fsp3) is 0.500. The SMILES string of the molecule is CCNC(=NCc1c(F)cccc1OC(F)F)N1CCC(c2ncn[nH]2)CC1.I. The zero-order valence-electron chi connectivity index (χ0n) is 15.9. The smallest absolute Gasteiger partial charge is 0.387 e. The van der Waals surface area contributed by atoms with Crippen LogP contribution in [0.4, 0.5) is 13.2 Å². The van der Waals surface area contributed by atoms with E-state index < -0.39 is 12.4 Å². The lowest BCUT2D eigenvalue weighted by molar-refractivity contribution is -0.0506. The van der Waals surface area contributed by atoms with Crippen molar-refractivity contribution in [2.24, 2.45) is 4.99 Å². The summed E-state index contributed by atoms with van der Waals surface area (Å²) in [6, 6.07) is 3.86. The van der Waals surface area contributed by atoms with Crippen LogP contribution in [-0.4, -0.2) is 52.3 Å². The van der Waals surface area contributed by atoms with Crippen LogP contribution in [-0.2, 0) is 6.54 Å². The Morgan fingerprint density at radius 3 is 2.76 bits per heavy atom. The Labute approximate surface area is 184 Å². The van der Waals surface area contributed by atoms with Gasteiger partial charge in [0.2, 0.25) is 0 Å². The Hall–Kier alpha value is -2.05. The zero-order chi connectivity index (χ0) is 19.9. The maximum atomic E-state index is 14.1. The van der Waals surface area contributed by atoms with Crippen molar-refractivity contribution < 1.29 is 17.9 Å². The van der Waals surface area contributed by atoms with Crippen LogP contribution < -0.4 is 10.1 Å². The molecule has 0 saturated carbocycles. The molecule has 1 aliphatic heterocycles. The van der Waals surface area contributed by atoms with Gasteiger partial charge < -0.3 is 15.0 Å². The van der Waals surface area contributed by atoms with E-state index in [0.29, 0.717) is 18.4 Å². The van der Waals surface area contributed by atoms with Gasteiger partial charge in [-0.15, -0.1) is 24.0 Å². The number of piperidine rings is 1. The maximum absolute atomic E-state index is 14.1. The van der Waals surface area contributed by atoms with Crippen LogP contribution in [0.15, 0.2) is 29.5 Å². The number of ether oxygens (including phenoxy) is 1. The first-order valence-electron chi connectivity index (χ1n) is 9.19. The van der Waals surface area contributed by atoms with Crippen LogP contribution in [0.3, 0.4) is 0 Å². The molecular formula is C18H24F3IN6O. The molecule has 0 atom stereocenters. The van der Waals surface area contributed by atoms with E-state index in [1.165, 1.54) is 24.5 Å². The van der Waals surface area contributed by atoms with Gasteiger partial charge in [-0.2, -0.15) is 13.9 Å². The van der Waals surface area contributed by atoms with Crippen molar-refractivity contribution in [3.8, 4) is 5.75 Å². The van der Waals surface area contributed by atoms with E-state index in [4.69, 9.17) is 0 Å². The number of nitrogens with zero attached hydrogens (tertiary/aromatic N) is 4. The molecule has 1 saturated heterocycles. The highest BCUT2D eigenvalue weighted by molar-refractivity contribution is 14.0. The fourth-order valence-corrected chi connectivity index (χ4v) is 3.25. The molecule has 1 aromatic carbocycles. The molecule has 0 bridgehead atoms. The first-order chi connectivity index (χ1) is 13.6. The van der Waals surface area contributed by atoms with Crippen LogP contribution in [0.25, 0.3) is 0 Å². The number of guanidine groups is 1. The largest absolute Gasteiger partial charge is 0.434 e. The van der Waals surface area contributed by atoms with Crippen molar-refractivity contribution in [3.63, 3.8) is 0 Å². The Morgan fingerprint density at radius 1 is 1.38 bits per heavy atom. The summed E-state index contributed by atoms with van der Waals surface area (Å²) in [6.07, 6.45) is 3.25. The molecule has 3 rings (SSSR count). The molecule has 0 amide bonds. The highest BCUT2D eigenvalue weighted by Crippen LogP contribution is 2.26. The minimum atomic E-state index is -3.02. The maximum Gasteiger partial charge on any atom is 0.387 e. The summed E-state index contributed by atoms with van der Waals surface area (Å²) in [5.41, 5.74) is 0.00903. The van der Waals surface area contributed by atoms with Gasteiger partial charge in [0, 0.05) is 25.6 Å². The van der Waals surface area contributed by atoms with Crippen molar-refractivity contribution in [1.29, 1.82) is 0 Å². The lowest BCUT2D eigenvalue weighted by Crippen LogP contribution is -2.45. The monoisotopic (exact) mass is 524 g/mol. The number of hydrogen-bond acceptors (Lipinski definition) is 4. The number of likely N-dealkylation sites (tertiary alicyclic amines) is 1. The average Bonchev–Trinajstić information content (AvgIpc) is 3.21. The molecule has 29 heavy (non-hydrogen) atoms. The summed E-state index contributed by atoms with van der Waals surface area (Å²) in [5.74, 6) is 0.978. The van der Waals surface area contributed by atoms with Gasteiger partial charge in [-0.25, -0.2) is 14.4 Å². The van der Waals surface area contributed by atoms with E-state index in [1.807, 2.05) is 6.92 Å². The van der Waals surface area contributed by atoms with Crippen LogP contribution in [0.2, 0.25) is 0 Å². The predicted molar refractivity (Wildman–Crippen MR) is 113 cm³/mol. The molecule has 0 unspecified atom stereocenters. The molecule has 2 aromatic rings. The average molecular weight is 524 g/mol. The summed E-state index contributed by atoms with van der Waals surface area (Å²) in [4.78, 5) is 10.7. The zero-order valence-corrected chi connectivity index (χ0v) is 18.3. The summed E-state index contributed by atoms with van der Waals surface area (Å²) >= 11 is 0. The number of aromatic amines is 1. The molecule has 160 valence electrons. The Kier molecular flexibility index (Phi) is 8.99. The van der Waals surface area contributed by atoms with Crippen LogP contribution in [0.5, 0.6) is 5.75 Å². The number of aromatic nitrogens is 3. The molecule has 2 heterocycles. The molecular weight excluding hydrogens is 500 g/mol. The second-order valence-corrected chi connectivity index (χ2v) is 6.40. The van der Waals surface area contributed by atoms with Gasteiger partial charge in [0.15, 0.2) is 5.96 Å². The van der Waals surface area contributed by atoms with Gasteiger partial charge >= 0.3 is 6.61 Å². The van der Waals surface area contributed by atoms with Crippen molar-refractivity contribution >= 4 is 29.9 Å². The van der Waals surface area contributed by atoms with Crippen molar-refractivity contribution in [2.75, 3.05) is 19.6 Å². The number of benzene rings is 1. The lowest BCUT2D eigenvalue weighted by atomic mass is 9.96. The standard InChI is InChI=1S/C18H23F3N6O.HI/c1-2-22-18(27-8-6-12(7-9-27)16-24-11-25-26-16)23-10-13-14(19)4-3-5-15(13)28-17(20)21;/h3-5,11-12,17H,2,6-10H2,1H3,(H,22,23)(H,24,25,26);1H. The van der Waals surface area contributed by atoms with E-state index >= 15 is 0 Å². The number of halogens is 4. The molecule has 7 nitrogen and oxygen atoms in total. The molecule has 1 aromatic heterocycles. The molecule has 0 spiro atoms. The number of nitrogens with one attached hydrogen (secondary N) is 2. The fourth-order valence-electron chi connectivity index (χ4n) is 3.25. The van der Waals surface area contributed by atoms with E-state index in [1.54, 1.807) is 0 Å². The third kappa shape index (κ3) is 6.21. The molecule has 0 radical (unpaired) electrons. The Balaban J connectivity index is 0.00000300. The number of H-pyrrole nitrogens is 1. The Bertz CT molecular complexity index is 782. The lowest BCUT2D eigenvalue weighted by Gasteiger charge is -2.33. The van der Waals surface area contributed by atoms with Gasteiger partial charge in [-0.05, 0) is 31.9 Å². The highest BCUT2D eigenvalue weighted by Gasteiger charge is 2.24. The normalized spacial score (nSPS) is 15.3. The summed E-state index contributed by atoms with van der Waals surface area (Å²) in [7, 11) is 0. The van der Waals surface area contributed by atoms with Crippen molar-refractivity contribution in [3.05, 3.63) is 41.7 Å². The van der Waals surface area contributed by atoms with E-state index in [9.17, 15) is 13.2 Å². The van der Waals surface area contributed by atoms with Gasteiger partial charge in [-0.1, -0.05) is 6.07 Å². The van der Waals surface area contributed by atoms with Gasteiger partial charge in [0.05, 0.1) is 12.1 Å². The van der Waals surface area contributed by atoms with E-state index in [2.05, 4.69) is 35.1 Å². The second-order valence-electron chi connectivity index (χ2n) is 6.40. The highest BCUT2D eigenvalue weighted by atomic mass is 127. The molecule has 1 fully saturated rings. The predicted octanol–water partition coefficient (Wildman–Crippen LogP) is 3.51. The summed E-state index contributed by atoms with van der Waals surface area (Å²) < 4.78 is 43.7. The number of aliphatic imine (C=N–C) groups is 1. The van der Waals surface area contributed by atoms with Crippen LogP contribution in [0.1, 0.15) is 37.1 Å². The molecule has 0 aliphatic carbocycles. The number of hydrogen-bond donors (Lipinski definition) is 2. The first kappa shape index (κ1) is 23.2. The Morgan fingerprint density at radius 2 is 2.14 bits per heavy atom. The van der Waals surface area contributed by atoms with Crippen molar-refractivity contribution in [2.45, 2.75) is 38.8 Å². The third-order valence-corrected chi connectivity index (χ3v) is 4.63. The van der Waals surface area contributed by atoms with Gasteiger partial charge in [0.1, 0.15) is 23.7 Å². The number of alkyl halides is 2. The minimum Gasteiger partial charge on any atom is -0.434 e. The third-order valence-electron chi connectivity index (χ3n) is 4.63. The molecule has 11 heteroatoms. The van der Waals surface area contributed by atoms with Gasteiger partial charge in [-0.3, -0.25) is 5.10 Å². The molecule has 1 aliphatic rings.